The lowest BCUT2D eigenvalue weighted by Crippen LogP contribution is -2.21. The number of pyridine rings is 1. The molecule has 0 spiro atoms. The van der Waals surface area contributed by atoms with Crippen molar-refractivity contribution in [1.82, 2.24) is 4.98 Å². The molecule has 0 aromatic carbocycles. The second-order valence-electron chi connectivity index (χ2n) is 2.92. The van der Waals surface area contributed by atoms with E-state index in [1.54, 1.807) is 0 Å². The van der Waals surface area contributed by atoms with Gasteiger partial charge in [0, 0.05) is 6.20 Å². The minimum Gasteiger partial charge on any atom is -0.390 e. The third-order valence-corrected chi connectivity index (χ3v) is 2.06. The first kappa shape index (κ1) is 13.1. The maximum absolute atomic E-state index is 13.0. The van der Waals surface area contributed by atoms with Gasteiger partial charge in [0.05, 0.1) is 11.1 Å². The van der Waals surface area contributed by atoms with Crippen molar-refractivity contribution in [2.75, 3.05) is 6.61 Å². The molecule has 16 heavy (non-hydrogen) atoms. The van der Waals surface area contributed by atoms with E-state index in [-0.39, 0.29) is 6.07 Å². The number of nitrogens with zero attached hydrogens (tertiary/aromatic N) is 1. The Morgan fingerprint density at radius 2 is 1.81 bits per heavy atom. The molecular formula is C8H5ClF5NO. The molecule has 0 aliphatic carbocycles. The van der Waals surface area contributed by atoms with Crippen LogP contribution in [-0.4, -0.2) is 16.7 Å². The molecule has 0 aliphatic rings. The normalized spacial score (nSPS) is 12.9. The summed E-state index contributed by atoms with van der Waals surface area (Å²) in [4.78, 5) is 3.01. The summed E-state index contributed by atoms with van der Waals surface area (Å²) in [6.45, 7) is -1.64. The third-order valence-electron chi connectivity index (χ3n) is 1.76. The fourth-order valence-corrected chi connectivity index (χ4v) is 1.19. The summed E-state index contributed by atoms with van der Waals surface area (Å²) in [5.74, 6) is -3.86. The van der Waals surface area contributed by atoms with Crippen molar-refractivity contribution in [3.05, 3.63) is 28.5 Å². The van der Waals surface area contributed by atoms with Crippen LogP contribution in [0.3, 0.4) is 0 Å². The number of aliphatic hydroxyl groups is 1. The number of aromatic nitrogens is 1. The van der Waals surface area contributed by atoms with E-state index in [9.17, 15) is 22.0 Å². The van der Waals surface area contributed by atoms with Gasteiger partial charge in [-0.15, -0.1) is 0 Å². The molecule has 0 fully saturated rings. The zero-order valence-corrected chi connectivity index (χ0v) is 8.28. The van der Waals surface area contributed by atoms with Gasteiger partial charge in [-0.3, -0.25) is 0 Å². The zero-order valence-electron chi connectivity index (χ0n) is 7.52. The average molecular weight is 262 g/mol. The molecule has 90 valence electrons. The standard InChI is InChI=1S/C8H5ClF5NO/c9-6-5(7(10,11)3-16)1-4(2-15-6)8(12,13)14/h1-2,16H,3H2. The Labute approximate surface area is 91.7 Å². The number of hydrogen-bond donors (Lipinski definition) is 1. The van der Waals surface area contributed by atoms with Crippen LogP contribution >= 0.6 is 11.6 Å². The lowest BCUT2D eigenvalue weighted by molar-refractivity contribution is -0.138. The van der Waals surface area contributed by atoms with Crippen LogP contribution in [0, 0.1) is 0 Å². The predicted octanol–water partition coefficient (Wildman–Crippen LogP) is 2.84. The third kappa shape index (κ3) is 2.59. The SMILES string of the molecule is OCC(F)(F)c1cc(C(F)(F)F)cnc1Cl. The topological polar surface area (TPSA) is 33.1 Å². The van der Waals surface area contributed by atoms with E-state index in [1.165, 1.54) is 0 Å². The van der Waals surface area contributed by atoms with Gasteiger partial charge in [-0.25, -0.2) is 4.98 Å². The van der Waals surface area contributed by atoms with Crippen molar-refractivity contribution in [3.63, 3.8) is 0 Å². The first-order valence-corrected chi connectivity index (χ1v) is 4.28. The van der Waals surface area contributed by atoms with Gasteiger partial charge >= 0.3 is 6.18 Å². The number of rotatable bonds is 2. The molecule has 1 heterocycles. The molecule has 0 atom stereocenters. The summed E-state index contributed by atoms with van der Waals surface area (Å²) < 4.78 is 62.5. The first-order valence-electron chi connectivity index (χ1n) is 3.90. The number of hydrogen-bond acceptors (Lipinski definition) is 2. The Balaban J connectivity index is 3.30. The summed E-state index contributed by atoms with van der Waals surface area (Å²) in [5.41, 5.74) is -2.49. The molecule has 8 heteroatoms. The lowest BCUT2D eigenvalue weighted by atomic mass is 10.1. The van der Waals surface area contributed by atoms with Crippen LogP contribution in [0.25, 0.3) is 0 Å². The van der Waals surface area contributed by atoms with Gasteiger partial charge in [-0.05, 0) is 6.07 Å². The van der Waals surface area contributed by atoms with E-state index in [0.29, 0.717) is 6.20 Å². The van der Waals surface area contributed by atoms with Crippen LogP contribution in [-0.2, 0) is 12.1 Å². The molecule has 1 aromatic rings. The fourth-order valence-electron chi connectivity index (χ4n) is 0.945. The monoisotopic (exact) mass is 261 g/mol. The molecule has 0 bridgehead atoms. The Kier molecular flexibility index (Phi) is 3.39. The van der Waals surface area contributed by atoms with Crippen LogP contribution in [0.15, 0.2) is 12.3 Å². The Morgan fingerprint density at radius 1 is 1.25 bits per heavy atom. The largest absolute Gasteiger partial charge is 0.417 e. The van der Waals surface area contributed by atoms with E-state index >= 15 is 0 Å². The van der Waals surface area contributed by atoms with Crippen LogP contribution in [0.2, 0.25) is 5.15 Å². The van der Waals surface area contributed by atoms with E-state index < -0.39 is 35.0 Å². The number of halogens is 6. The van der Waals surface area contributed by atoms with E-state index in [1.807, 2.05) is 0 Å². The van der Waals surface area contributed by atoms with Crippen molar-refractivity contribution in [2.45, 2.75) is 12.1 Å². The van der Waals surface area contributed by atoms with Crippen molar-refractivity contribution < 1.29 is 27.1 Å². The highest BCUT2D eigenvalue weighted by Gasteiger charge is 2.38. The second-order valence-corrected chi connectivity index (χ2v) is 3.28. The summed E-state index contributed by atoms with van der Waals surface area (Å²) in [7, 11) is 0. The van der Waals surface area contributed by atoms with Gasteiger partial charge in [-0.2, -0.15) is 22.0 Å². The predicted molar refractivity (Wildman–Crippen MR) is 45.2 cm³/mol. The first-order chi connectivity index (χ1) is 7.18. The maximum atomic E-state index is 13.0. The minimum absolute atomic E-state index is 0.172. The quantitative estimate of drug-likeness (QED) is 0.656. The molecule has 0 aliphatic heterocycles. The van der Waals surface area contributed by atoms with Crippen LogP contribution in [0.5, 0.6) is 0 Å². The summed E-state index contributed by atoms with van der Waals surface area (Å²) >= 11 is 5.24. The fraction of sp³-hybridized carbons (Fsp3) is 0.375. The van der Waals surface area contributed by atoms with Gasteiger partial charge < -0.3 is 5.11 Å². The molecule has 1 N–H and O–H groups in total. The van der Waals surface area contributed by atoms with E-state index in [2.05, 4.69) is 4.98 Å². The van der Waals surface area contributed by atoms with Gasteiger partial charge in [0.1, 0.15) is 11.8 Å². The minimum atomic E-state index is -4.79. The summed E-state index contributed by atoms with van der Waals surface area (Å²) in [6, 6.07) is 0.172. The highest BCUT2D eigenvalue weighted by molar-refractivity contribution is 6.30. The molecule has 0 amide bonds. The number of aliphatic hydroxyl groups excluding tert-OH is 1. The van der Waals surface area contributed by atoms with Crippen LogP contribution < -0.4 is 0 Å². The molecular weight excluding hydrogens is 257 g/mol. The van der Waals surface area contributed by atoms with Gasteiger partial charge in [0.25, 0.3) is 5.92 Å². The molecule has 1 aromatic heterocycles. The zero-order chi connectivity index (χ0) is 12.6. The molecule has 1 rings (SSSR count). The molecule has 0 radical (unpaired) electrons. The molecule has 0 unspecified atom stereocenters. The lowest BCUT2D eigenvalue weighted by Gasteiger charge is -2.16. The van der Waals surface area contributed by atoms with Crippen LogP contribution in [0.1, 0.15) is 11.1 Å². The van der Waals surface area contributed by atoms with E-state index in [4.69, 9.17) is 16.7 Å². The smallest absolute Gasteiger partial charge is 0.390 e. The molecule has 0 saturated carbocycles. The highest BCUT2D eigenvalue weighted by Crippen LogP contribution is 2.36. The molecule has 0 saturated heterocycles. The van der Waals surface area contributed by atoms with Crippen molar-refractivity contribution in [1.29, 1.82) is 0 Å². The maximum Gasteiger partial charge on any atom is 0.417 e. The van der Waals surface area contributed by atoms with Crippen LogP contribution in [0.4, 0.5) is 22.0 Å². The van der Waals surface area contributed by atoms with E-state index in [0.717, 1.165) is 0 Å². The second kappa shape index (κ2) is 4.14. The average Bonchev–Trinajstić information content (AvgIpc) is 2.16. The van der Waals surface area contributed by atoms with Crippen molar-refractivity contribution in [2.24, 2.45) is 0 Å². The van der Waals surface area contributed by atoms with Gasteiger partial charge in [0.15, 0.2) is 0 Å². The molecule has 2 nitrogen and oxygen atoms in total. The number of alkyl halides is 5. The van der Waals surface area contributed by atoms with Gasteiger partial charge in [0.2, 0.25) is 0 Å². The summed E-state index contributed by atoms with van der Waals surface area (Å²) in [5, 5.41) is 7.58. The summed E-state index contributed by atoms with van der Waals surface area (Å²) in [6.07, 6.45) is -4.45. The highest BCUT2D eigenvalue weighted by atomic mass is 35.5. The van der Waals surface area contributed by atoms with Gasteiger partial charge in [-0.1, -0.05) is 11.6 Å². The Hall–Kier alpha value is -0.950. The Morgan fingerprint density at radius 3 is 2.25 bits per heavy atom. The van der Waals surface area contributed by atoms with Crippen molar-refractivity contribution in [3.8, 4) is 0 Å². The Bertz CT molecular complexity index is 393. The van der Waals surface area contributed by atoms with Crippen molar-refractivity contribution >= 4 is 11.6 Å².